The van der Waals surface area contributed by atoms with Gasteiger partial charge in [-0.25, -0.2) is 0 Å². The first-order chi connectivity index (χ1) is 5.61. The van der Waals surface area contributed by atoms with Crippen LogP contribution in [0.5, 0.6) is 0 Å². The van der Waals surface area contributed by atoms with Crippen LogP contribution in [-0.4, -0.2) is 16.6 Å². The van der Waals surface area contributed by atoms with E-state index >= 15 is 0 Å². The molecular weight excluding hydrogens is 261 g/mol. The fraction of sp³-hybridized carbons (Fsp3) is 0.429. The van der Waals surface area contributed by atoms with Crippen molar-refractivity contribution in [3.63, 3.8) is 0 Å². The Morgan fingerprint density at radius 3 is 2.25 bits per heavy atom. The highest BCUT2D eigenvalue weighted by molar-refractivity contribution is 6.42. The summed E-state index contributed by atoms with van der Waals surface area (Å²) >= 11 is 27.8. The smallest absolute Gasteiger partial charge is 0.0881 e. The van der Waals surface area contributed by atoms with Crippen molar-refractivity contribution in [3.8, 4) is 0 Å². The average Bonchev–Trinajstić information content (AvgIpc) is 2.11. The molecule has 0 aromatic heterocycles. The molecule has 70 valence electrons. The van der Waals surface area contributed by atoms with Gasteiger partial charge in [-0.05, 0) is 0 Å². The van der Waals surface area contributed by atoms with Gasteiger partial charge < -0.3 is 0 Å². The first-order valence-electron chi connectivity index (χ1n) is 3.10. The summed E-state index contributed by atoms with van der Waals surface area (Å²) in [6, 6.07) is 0. The quantitative estimate of drug-likeness (QED) is 0.526. The molecule has 2 atom stereocenters. The van der Waals surface area contributed by atoms with Gasteiger partial charge in [-0.2, -0.15) is 0 Å². The average molecular weight is 268 g/mol. The van der Waals surface area contributed by atoms with Crippen molar-refractivity contribution in [1.82, 2.24) is 0 Å². The van der Waals surface area contributed by atoms with Gasteiger partial charge in [0.25, 0.3) is 0 Å². The molecule has 0 aromatic rings. The second-order valence-electron chi connectivity index (χ2n) is 1.95. The summed E-state index contributed by atoms with van der Waals surface area (Å²) in [5.74, 6) is 0.337. The predicted octanol–water partition coefficient (Wildman–Crippen LogP) is 4.32. The van der Waals surface area contributed by atoms with Crippen LogP contribution in [0.2, 0.25) is 0 Å². The van der Waals surface area contributed by atoms with Crippen LogP contribution < -0.4 is 0 Å². The van der Waals surface area contributed by atoms with Crippen LogP contribution >= 0.6 is 58.0 Å². The maximum Gasteiger partial charge on any atom is 0.0881 e. The molecule has 2 unspecified atom stereocenters. The minimum absolute atomic E-state index is 0.229. The summed E-state index contributed by atoms with van der Waals surface area (Å²) < 4.78 is 0. The molecule has 0 aliphatic heterocycles. The zero-order valence-corrected chi connectivity index (χ0v) is 9.76. The number of hydrogen-bond donors (Lipinski definition) is 0. The largest absolute Gasteiger partial charge is 0.125 e. The maximum atomic E-state index is 5.76. The van der Waals surface area contributed by atoms with Crippen molar-refractivity contribution in [2.75, 3.05) is 5.88 Å². The van der Waals surface area contributed by atoms with E-state index in [1.54, 1.807) is 12.2 Å². The minimum Gasteiger partial charge on any atom is -0.125 e. The molecule has 0 saturated heterocycles. The SMILES string of the molecule is ClC=C(Cl)C(Cl)C=CC(Cl)CCl. The monoisotopic (exact) mass is 266 g/mol. The third kappa shape index (κ3) is 5.55. The van der Waals surface area contributed by atoms with Gasteiger partial charge in [0.15, 0.2) is 0 Å². The highest BCUT2D eigenvalue weighted by Crippen LogP contribution is 2.17. The van der Waals surface area contributed by atoms with Gasteiger partial charge in [-0.15, -0.1) is 34.8 Å². The van der Waals surface area contributed by atoms with Crippen molar-refractivity contribution < 1.29 is 0 Å². The van der Waals surface area contributed by atoms with Crippen LogP contribution in [0.25, 0.3) is 0 Å². The molecule has 0 spiro atoms. The van der Waals surface area contributed by atoms with E-state index in [0.29, 0.717) is 10.9 Å². The fourth-order valence-corrected chi connectivity index (χ4v) is 1.03. The van der Waals surface area contributed by atoms with Gasteiger partial charge >= 0.3 is 0 Å². The number of alkyl halides is 3. The zero-order chi connectivity index (χ0) is 9.56. The molecule has 0 amide bonds. The number of halogens is 5. The van der Waals surface area contributed by atoms with E-state index in [-0.39, 0.29) is 5.38 Å². The first kappa shape index (κ1) is 12.9. The topological polar surface area (TPSA) is 0 Å². The van der Waals surface area contributed by atoms with E-state index in [2.05, 4.69) is 0 Å². The molecule has 5 heteroatoms. The Bertz CT molecular complexity index is 175. The first-order valence-corrected chi connectivity index (χ1v) is 5.32. The Labute approximate surface area is 97.1 Å². The summed E-state index contributed by atoms with van der Waals surface area (Å²) in [5, 5.41) is -0.311. The second-order valence-corrected chi connectivity index (χ2v) is 3.94. The third-order valence-corrected chi connectivity index (χ3v) is 2.98. The molecule has 0 bridgehead atoms. The Kier molecular flexibility index (Phi) is 7.91. The number of hydrogen-bond acceptors (Lipinski definition) is 0. The summed E-state index contributed by atoms with van der Waals surface area (Å²) in [6.45, 7) is 0. The number of allylic oxidation sites excluding steroid dienone is 3. The van der Waals surface area contributed by atoms with Crippen molar-refractivity contribution in [2.45, 2.75) is 10.8 Å². The van der Waals surface area contributed by atoms with E-state index in [0.717, 1.165) is 0 Å². The van der Waals surface area contributed by atoms with Gasteiger partial charge in [0.2, 0.25) is 0 Å². The van der Waals surface area contributed by atoms with Crippen LogP contribution in [0, 0.1) is 0 Å². The van der Waals surface area contributed by atoms with E-state index < -0.39 is 5.38 Å². The molecular formula is C7H7Cl5. The van der Waals surface area contributed by atoms with Gasteiger partial charge in [-0.1, -0.05) is 35.4 Å². The Morgan fingerprint density at radius 1 is 1.25 bits per heavy atom. The normalized spacial score (nSPS) is 18.2. The lowest BCUT2D eigenvalue weighted by Gasteiger charge is -2.01. The minimum atomic E-state index is -0.436. The zero-order valence-electron chi connectivity index (χ0n) is 5.98. The van der Waals surface area contributed by atoms with Crippen LogP contribution in [0.3, 0.4) is 0 Å². The van der Waals surface area contributed by atoms with Crippen molar-refractivity contribution in [2.24, 2.45) is 0 Å². The fourth-order valence-electron chi connectivity index (χ4n) is 0.422. The molecule has 0 radical (unpaired) electrons. The molecule has 0 saturated carbocycles. The van der Waals surface area contributed by atoms with E-state index in [4.69, 9.17) is 58.0 Å². The molecule has 0 N–H and O–H groups in total. The van der Waals surface area contributed by atoms with Crippen molar-refractivity contribution >= 4 is 58.0 Å². The van der Waals surface area contributed by atoms with E-state index in [9.17, 15) is 0 Å². The summed E-state index contributed by atoms with van der Waals surface area (Å²) in [6.07, 6.45) is 3.32. The Morgan fingerprint density at radius 2 is 1.83 bits per heavy atom. The molecule has 0 aromatic carbocycles. The highest BCUT2D eigenvalue weighted by Gasteiger charge is 2.04. The van der Waals surface area contributed by atoms with Crippen LogP contribution in [0.1, 0.15) is 0 Å². The highest BCUT2D eigenvalue weighted by atomic mass is 35.5. The second kappa shape index (κ2) is 7.34. The predicted molar refractivity (Wildman–Crippen MR) is 58.9 cm³/mol. The molecule has 0 rings (SSSR count). The Balaban J connectivity index is 3.99. The van der Waals surface area contributed by atoms with Gasteiger partial charge in [-0.3, -0.25) is 0 Å². The molecule has 0 fully saturated rings. The van der Waals surface area contributed by atoms with Crippen LogP contribution in [0.15, 0.2) is 22.7 Å². The standard InChI is InChI=1S/C7H7Cl5/c8-3-5(10)1-2-6(11)7(12)4-9/h1-2,4-6H,3H2. The summed E-state index contributed by atoms with van der Waals surface area (Å²) in [4.78, 5) is 0. The van der Waals surface area contributed by atoms with E-state index in [1.165, 1.54) is 5.54 Å². The lowest BCUT2D eigenvalue weighted by atomic mass is 10.3. The maximum absolute atomic E-state index is 5.76. The molecule has 0 heterocycles. The van der Waals surface area contributed by atoms with Crippen LogP contribution in [0.4, 0.5) is 0 Å². The third-order valence-electron chi connectivity index (χ3n) is 1.00. The lowest BCUT2D eigenvalue weighted by Crippen LogP contribution is -1.98. The van der Waals surface area contributed by atoms with Crippen molar-refractivity contribution in [3.05, 3.63) is 22.7 Å². The van der Waals surface area contributed by atoms with Crippen molar-refractivity contribution in [1.29, 1.82) is 0 Å². The summed E-state index contributed by atoms with van der Waals surface area (Å²) in [7, 11) is 0. The summed E-state index contributed by atoms with van der Waals surface area (Å²) in [5.41, 5.74) is 1.22. The number of rotatable bonds is 4. The lowest BCUT2D eigenvalue weighted by molar-refractivity contribution is 1.21. The van der Waals surface area contributed by atoms with Crippen LogP contribution in [-0.2, 0) is 0 Å². The molecule has 0 nitrogen and oxygen atoms in total. The van der Waals surface area contributed by atoms with Gasteiger partial charge in [0, 0.05) is 11.4 Å². The van der Waals surface area contributed by atoms with Gasteiger partial charge in [0.05, 0.1) is 15.8 Å². The molecule has 0 aliphatic carbocycles. The van der Waals surface area contributed by atoms with E-state index in [1.807, 2.05) is 0 Å². The Hall–Kier alpha value is 0.930. The van der Waals surface area contributed by atoms with Gasteiger partial charge in [0.1, 0.15) is 0 Å². The molecule has 12 heavy (non-hydrogen) atoms. The molecule has 0 aliphatic rings.